The number of nitrogens with one attached hydrogen (secondary N) is 1. The van der Waals surface area contributed by atoms with Crippen molar-refractivity contribution in [3.8, 4) is 0 Å². The Hall–Kier alpha value is -0.660. The van der Waals surface area contributed by atoms with Crippen LogP contribution in [0.5, 0.6) is 0 Å². The van der Waals surface area contributed by atoms with E-state index in [-0.39, 0.29) is 6.04 Å². The van der Waals surface area contributed by atoms with Crippen molar-refractivity contribution in [1.29, 1.82) is 0 Å². The first kappa shape index (κ1) is 14.7. The van der Waals surface area contributed by atoms with Crippen LogP contribution in [0.2, 0.25) is 0 Å². The number of carboxylic acid groups (broad SMARTS) is 1. The van der Waals surface area contributed by atoms with Crippen molar-refractivity contribution in [2.75, 3.05) is 7.05 Å². The van der Waals surface area contributed by atoms with Gasteiger partial charge < -0.3 is 5.11 Å². The predicted octanol–water partition coefficient (Wildman–Crippen LogP) is 1.09. The van der Waals surface area contributed by atoms with Gasteiger partial charge in [0.05, 0.1) is 0 Å². The summed E-state index contributed by atoms with van der Waals surface area (Å²) >= 11 is 0. The number of nitrogens with zero attached hydrogens (tertiary/aromatic N) is 1. The van der Waals surface area contributed by atoms with Crippen molar-refractivity contribution < 1.29 is 18.3 Å². The van der Waals surface area contributed by atoms with E-state index in [0.29, 0.717) is 12.8 Å². The summed E-state index contributed by atoms with van der Waals surface area (Å²) in [6, 6.07) is -0.00262. The number of rotatable bonds is 5. The summed E-state index contributed by atoms with van der Waals surface area (Å²) in [5.74, 6) is -1.07. The average molecular weight is 290 g/mol. The molecule has 0 aromatic carbocycles. The molecule has 0 radical (unpaired) electrons. The van der Waals surface area contributed by atoms with Crippen molar-refractivity contribution >= 4 is 16.2 Å². The van der Waals surface area contributed by atoms with E-state index >= 15 is 0 Å². The Bertz CT molecular complexity index is 439. The second-order valence-corrected chi connectivity index (χ2v) is 7.39. The van der Waals surface area contributed by atoms with Gasteiger partial charge >= 0.3 is 5.97 Å². The number of carbonyl (C=O) groups is 1. The van der Waals surface area contributed by atoms with Gasteiger partial charge in [-0.25, -0.2) is 0 Å². The highest BCUT2D eigenvalue weighted by molar-refractivity contribution is 7.87. The quantitative estimate of drug-likeness (QED) is 0.793. The standard InChI is InChI=1S/C12H22N2O4S/c1-14(10-6-3-2-4-7-10)19(17,18)13-12(11(15)16)8-5-9-12/h10,13H,2-9H2,1H3,(H,15,16). The van der Waals surface area contributed by atoms with Crippen LogP contribution in [0.25, 0.3) is 0 Å². The van der Waals surface area contributed by atoms with Gasteiger partial charge in [-0.05, 0) is 32.1 Å². The summed E-state index contributed by atoms with van der Waals surface area (Å²) in [5.41, 5.74) is -1.28. The van der Waals surface area contributed by atoms with Crippen LogP contribution in [0.3, 0.4) is 0 Å². The minimum absolute atomic E-state index is 0.00262. The molecular formula is C12H22N2O4S. The summed E-state index contributed by atoms with van der Waals surface area (Å²) in [5, 5.41) is 9.19. The third-order valence-electron chi connectivity index (χ3n) is 4.41. The summed E-state index contributed by atoms with van der Waals surface area (Å²) in [6.45, 7) is 0. The van der Waals surface area contributed by atoms with Gasteiger partial charge in [0.1, 0.15) is 5.54 Å². The van der Waals surface area contributed by atoms with E-state index in [1.807, 2.05) is 0 Å². The Kier molecular flexibility index (Phi) is 4.17. The molecule has 6 nitrogen and oxygen atoms in total. The van der Waals surface area contributed by atoms with Crippen LogP contribution in [0.15, 0.2) is 0 Å². The Morgan fingerprint density at radius 3 is 2.21 bits per heavy atom. The van der Waals surface area contributed by atoms with E-state index in [0.717, 1.165) is 38.5 Å². The minimum atomic E-state index is -3.72. The summed E-state index contributed by atoms with van der Waals surface area (Å²) < 4.78 is 28.3. The first-order valence-corrected chi connectivity index (χ1v) is 8.32. The smallest absolute Gasteiger partial charge is 0.324 e. The Morgan fingerprint density at radius 1 is 1.21 bits per heavy atom. The molecule has 0 heterocycles. The van der Waals surface area contributed by atoms with E-state index in [2.05, 4.69) is 4.72 Å². The molecule has 110 valence electrons. The molecule has 0 aromatic heterocycles. The first-order valence-electron chi connectivity index (χ1n) is 6.88. The zero-order valence-electron chi connectivity index (χ0n) is 11.3. The lowest BCUT2D eigenvalue weighted by atomic mass is 9.78. The first-order chi connectivity index (χ1) is 8.87. The monoisotopic (exact) mass is 290 g/mol. The highest BCUT2D eigenvalue weighted by atomic mass is 32.2. The summed E-state index contributed by atoms with van der Waals surface area (Å²) in [7, 11) is -2.17. The van der Waals surface area contributed by atoms with E-state index in [9.17, 15) is 18.3 Å². The maximum Gasteiger partial charge on any atom is 0.324 e. The van der Waals surface area contributed by atoms with E-state index in [4.69, 9.17) is 0 Å². The van der Waals surface area contributed by atoms with Gasteiger partial charge in [0.2, 0.25) is 0 Å². The van der Waals surface area contributed by atoms with E-state index in [1.165, 1.54) is 4.31 Å². The molecule has 0 saturated heterocycles. The molecule has 2 aliphatic rings. The Balaban J connectivity index is 2.06. The molecule has 0 amide bonds. The lowest BCUT2D eigenvalue weighted by molar-refractivity contribution is -0.147. The highest BCUT2D eigenvalue weighted by Crippen LogP contribution is 2.33. The zero-order valence-corrected chi connectivity index (χ0v) is 12.1. The maximum atomic E-state index is 12.3. The van der Waals surface area contributed by atoms with E-state index < -0.39 is 21.7 Å². The fourth-order valence-corrected chi connectivity index (χ4v) is 4.38. The lowest BCUT2D eigenvalue weighted by Gasteiger charge is -2.40. The lowest BCUT2D eigenvalue weighted by Crippen LogP contribution is -2.62. The van der Waals surface area contributed by atoms with Crippen LogP contribution in [0, 0.1) is 0 Å². The molecule has 0 aliphatic heterocycles. The van der Waals surface area contributed by atoms with Crippen LogP contribution in [0.1, 0.15) is 51.4 Å². The summed E-state index contributed by atoms with van der Waals surface area (Å²) in [6.07, 6.45) is 6.44. The summed E-state index contributed by atoms with van der Waals surface area (Å²) in [4.78, 5) is 11.2. The van der Waals surface area contributed by atoms with Crippen LogP contribution < -0.4 is 4.72 Å². The molecule has 2 rings (SSSR count). The largest absolute Gasteiger partial charge is 0.480 e. The number of hydrogen-bond donors (Lipinski definition) is 2. The average Bonchev–Trinajstić information content (AvgIpc) is 2.33. The second kappa shape index (κ2) is 5.38. The zero-order chi connectivity index (χ0) is 14.1. The number of carboxylic acids is 1. The fraction of sp³-hybridized carbons (Fsp3) is 0.917. The molecule has 0 unspecified atom stereocenters. The fourth-order valence-electron chi connectivity index (χ4n) is 2.85. The van der Waals surface area contributed by atoms with Gasteiger partial charge in [-0.3, -0.25) is 4.79 Å². The molecule has 2 fully saturated rings. The van der Waals surface area contributed by atoms with Crippen LogP contribution in [0.4, 0.5) is 0 Å². The molecule has 7 heteroatoms. The topological polar surface area (TPSA) is 86.7 Å². The van der Waals surface area contributed by atoms with Crippen LogP contribution in [-0.4, -0.2) is 42.4 Å². The van der Waals surface area contributed by atoms with Crippen molar-refractivity contribution in [3.63, 3.8) is 0 Å². The van der Waals surface area contributed by atoms with Crippen molar-refractivity contribution in [3.05, 3.63) is 0 Å². The SMILES string of the molecule is CN(C1CCCCC1)S(=O)(=O)NC1(C(=O)O)CCC1. The van der Waals surface area contributed by atoms with E-state index in [1.54, 1.807) is 7.05 Å². The number of hydrogen-bond acceptors (Lipinski definition) is 3. The Morgan fingerprint density at radius 2 is 1.79 bits per heavy atom. The van der Waals surface area contributed by atoms with Crippen molar-refractivity contribution in [1.82, 2.24) is 9.03 Å². The molecular weight excluding hydrogens is 268 g/mol. The Labute approximate surface area is 114 Å². The van der Waals surface area contributed by atoms with Gasteiger partial charge in [-0.2, -0.15) is 17.4 Å². The minimum Gasteiger partial charge on any atom is -0.480 e. The third kappa shape index (κ3) is 2.93. The molecule has 0 atom stereocenters. The molecule has 0 aromatic rings. The highest BCUT2D eigenvalue weighted by Gasteiger charge is 2.48. The molecule has 19 heavy (non-hydrogen) atoms. The number of aliphatic carboxylic acids is 1. The van der Waals surface area contributed by atoms with Gasteiger partial charge in [-0.15, -0.1) is 0 Å². The maximum absolute atomic E-state index is 12.3. The second-order valence-electron chi connectivity index (χ2n) is 5.66. The molecule has 0 spiro atoms. The van der Waals surface area contributed by atoms with Gasteiger partial charge in [0.25, 0.3) is 10.2 Å². The predicted molar refractivity (Wildman–Crippen MR) is 70.9 cm³/mol. The molecule has 2 aliphatic carbocycles. The molecule has 2 N–H and O–H groups in total. The normalized spacial score (nSPS) is 24.1. The van der Waals surface area contributed by atoms with Gasteiger partial charge in [0.15, 0.2) is 0 Å². The van der Waals surface area contributed by atoms with Crippen LogP contribution >= 0.6 is 0 Å². The molecule has 2 saturated carbocycles. The van der Waals surface area contributed by atoms with Crippen molar-refractivity contribution in [2.24, 2.45) is 0 Å². The molecule has 0 bridgehead atoms. The van der Waals surface area contributed by atoms with Gasteiger partial charge in [0, 0.05) is 13.1 Å². The third-order valence-corrected chi connectivity index (χ3v) is 6.11. The van der Waals surface area contributed by atoms with Gasteiger partial charge in [-0.1, -0.05) is 19.3 Å². The van der Waals surface area contributed by atoms with Crippen LogP contribution in [-0.2, 0) is 15.0 Å². The van der Waals surface area contributed by atoms with Crippen molar-refractivity contribution in [2.45, 2.75) is 62.9 Å².